The second kappa shape index (κ2) is 7.91. The van der Waals surface area contributed by atoms with E-state index < -0.39 is 0 Å². The van der Waals surface area contributed by atoms with Gasteiger partial charge in [-0.15, -0.1) is 0 Å². The third kappa shape index (κ3) is 3.96. The fourth-order valence-electron chi connectivity index (χ4n) is 3.05. The van der Waals surface area contributed by atoms with E-state index in [4.69, 9.17) is 9.47 Å². The maximum atomic E-state index is 12.3. The molecule has 1 aliphatic rings. The van der Waals surface area contributed by atoms with Gasteiger partial charge in [0.15, 0.2) is 0 Å². The first kappa shape index (κ1) is 17.8. The standard InChI is InChI=1S/C20H22N2O4/c1-25-16-6-3-5-14(11-16)12-19(23)21-15-8-9-17(18(13-15)26-2)22-10-4-7-20(22)24/h3,5-6,8-9,11,13H,4,7,10,12H2,1-2H3,(H,21,23). The Morgan fingerprint density at radius 3 is 2.69 bits per heavy atom. The summed E-state index contributed by atoms with van der Waals surface area (Å²) in [6.45, 7) is 0.691. The first-order valence-corrected chi connectivity index (χ1v) is 8.52. The molecule has 0 aliphatic carbocycles. The molecule has 2 amide bonds. The molecule has 0 bridgehead atoms. The molecule has 6 heteroatoms. The monoisotopic (exact) mass is 354 g/mol. The molecule has 1 aliphatic heterocycles. The van der Waals surface area contributed by atoms with Gasteiger partial charge in [0, 0.05) is 24.7 Å². The van der Waals surface area contributed by atoms with Crippen molar-refractivity contribution < 1.29 is 19.1 Å². The summed E-state index contributed by atoms with van der Waals surface area (Å²) >= 11 is 0. The highest BCUT2D eigenvalue weighted by atomic mass is 16.5. The van der Waals surface area contributed by atoms with Crippen molar-refractivity contribution in [3.05, 3.63) is 48.0 Å². The third-order valence-corrected chi connectivity index (χ3v) is 4.33. The topological polar surface area (TPSA) is 67.9 Å². The SMILES string of the molecule is COc1cccc(CC(=O)Nc2ccc(N3CCCC3=O)c(OC)c2)c1. The highest BCUT2D eigenvalue weighted by Crippen LogP contribution is 2.33. The second-order valence-corrected chi connectivity index (χ2v) is 6.11. The number of benzene rings is 2. The zero-order valence-electron chi connectivity index (χ0n) is 15.0. The Hall–Kier alpha value is -3.02. The number of methoxy groups -OCH3 is 2. The van der Waals surface area contributed by atoms with Crippen molar-refractivity contribution in [3.8, 4) is 11.5 Å². The van der Waals surface area contributed by atoms with Crippen LogP contribution in [0, 0.1) is 0 Å². The van der Waals surface area contributed by atoms with E-state index in [1.165, 1.54) is 0 Å². The van der Waals surface area contributed by atoms with Gasteiger partial charge in [-0.1, -0.05) is 12.1 Å². The van der Waals surface area contributed by atoms with Crippen LogP contribution < -0.4 is 19.7 Å². The van der Waals surface area contributed by atoms with Gasteiger partial charge in [-0.3, -0.25) is 9.59 Å². The summed E-state index contributed by atoms with van der Waals surface area (Å²) in [7, 11) is 3.15. The van der Waals surface area contributed by atoms with Gasteiger partial charge in [0.25, 0.3) is 0 Å². The summed E-state index contributed by atoms with van der Waals surface area (Å²) in [5, 5.41) is 2.87. The van der Waals surface area contributed by atoms with Crippen LogP contribution >= 0.6 is 0 Å². The first-order chi connectivity index (χ1) is 12.6. The lowest BCUT2D eigenvalue weighted by Crippen LogP contribution is -2.24. The Morgan fingerprint density at radius 1 is 1.15 bits per heavy atom. The van der Waals surface area contributed by atoms with Crippen molar-refractivity contribution in [1.29, 1.82) is 0 Å². The molecule has 2 aromatic carbocycles. The van der Waals surface area contributed by atoms with E-state index in [9.17, 15) is 9.59 Å². The molecule has 1 heterocycles. The second-order valence-electron chi connectivity index (χ2n) is 6.11. The van der Waals surface area contributed by atoms with E-state index in [-0.39, 0.29) is 18.2 Å². The summed E-state index contributed by atoms with van der Waals surface area (Å²) in [5.74, 6) is 1.25. The van der Waals surface area contributed by atoms with Crippen LogP contribution in [0.1, 0.15) is 18.4 Å². The number of ether oxygens (including phenoxy) is 2. The van der Waals surface area contributed by atoms with E-state index in [2.05, 4.69) is 5.32 Å². The number of hydrogen-bond acceptors (Lipinski definition) is 4. The van der Waals surface area contributed by atoms with Crippen molar-refractivity contribution in [2.24, 2.45) is 0 Å². The Labute approximate surface area is 152 Å². The van der Waals surface area contributed by atoms with Crippen molar-refractivity contribution in [1.82, 2.24) is 0 Å². The Balaban J connectivity index is 1.71. The molecule has 0 spiro atoms. The van der Waals surface area contributed by atoms with Crippen LogP contribution in [0.2, 0.25) is 0 Å². The number of rotatable bonds is 6. The molecule has 0 aromatic heterocycles. The minimum absolute atomic E-state index is 0.0955. The molecule has 0 saturated carbocycles. The van der Waals surface area contributed by atoms with Gasteiger partial charge in [-0.2, -0.15) is 0 Å². The van der Waals surface area contributed by atoms with E-state index >= 15 is 0 Å². The van der Waals surface area contributed by atoms with E-state index in [0.29, 0.717) is 24.4 Å². The summed E-state index contributed by atoms with van der Waals surface area (Å²) in [4.78, 5) is 26.0. The Morgan fingerprint density at radius 2 is 2.00 bits per heavy atom. The Bertz CT molecular complexity index is 819. The fourth-order valence-corrected chi connectivity index (χ4v) is 3.05. The van der Waals surface area contributed by atoms with E-state index in [1.54, 1.807) is 31.3 Å². The molecule has 0 unspecified atom stereocenters. The zero-order chi connectivity index (χ0) is 18.5. The lowest BCUT2D eigenvalue weighted by molar-refractivity contribution is -0.117. The molecule has 1 fully saturated rings. The number of nitrogens with zero attached hydrogens (tertiary/aromatic N) is 1. The van der Waals surface area contributed by atoms with E-state index in [0.717, 1.165) is 23.4 Å². The minimum Gasteiger partial charge on any atom is -0.497 e. The lowest BCUT2D eigenvalue weighted by Gasteiger charge is -2.19. The maximum Gasteiger partial charge on any atom is 0.228 e. The van der Waals surface area contributed by atoms with Gasteiger partial charge in [-0.05, 0) is 36.2 Å². The molecule has 0 atom stereocenters. The molecule has 6 nitrogen and oxygen atoms in total. The largest absolute Gasteiger partial charge is 0.497 e. The molecule has 1 N–H and O–H groups in total. The molecular weight excluding hydrogens is 332 g/mol. The predicted molar refractivity (Wildman–Crippen MR) is 99.9 cm³/mol. The number of anilines is 2. The average molecular weight is 354 g/mol. The van der Waals surface area contributed by atoms with Crippen molar-refractivity contribution >= 4 is 23.2 Å². The van der Waals surface area contributed by atoms with Gasteiger partial charge >= 0.3 is 0 Å². The first-order valence-electron chi connectivity index (χ1n) is 8.52. The molecular formula is C20H22N2O4. The number of hydrogen-bond donors (Lipinski definition) is 1. The van der Waals surface area contributed by atoms with E-state index in [1.807, 2.05) is 30.3 Å². The summed E-state index contributed by atoms with van der Waals surface area (Å²) in [6.07, 6.45) is 1.65. The highest BCUT2D eigenvalue weighted by molar-refractivity contribution is 5.98. The van der Waals surface area contributed by atoms with Crippen LogP contribution in [0.5, 0.6) is 11.5 Å². The fraction of sp³-hybridized carbons (Fsp3) is 0.300. The van der Waals surface area contributed by atoms with Crippen molar-refractivity contribution in [3.63, 3.8) is 0 Å². The molecule has 26 heavy (non-hydrogen) atoms. The van der Waals surface area contributed by atoms with Crippen LogP contribution in [0.25, 0.3) is 0 Å². The van der Waals surface area contributed by atoms with Crippen LogP contribution in [0.4, 0.5) is 11.4 Å². The molecule has 2 aromatic rings. The molecule has 136 valence electrons. The van der Waals surface area contributed by atoms with Crippen molar-refractivity contribution in [2.75, 3.05) is 31.0 Å². The maximum absolute atomic E-state index is 12.3. The summed E-state index contributed by atoms with van der Waals surface area (Å²) in [5.41, 5.74) is 2.24. The lowest BCUT2D eigenvalue weighted by atomic mass is 10.1. The quantitative estimate of drug-likeness (QED) is 0.866. The summed E-state index contributed by atoms with van der Waals surface area (Å²) < 4.78 is 10.6. The zero-order valence-corrected chi connectivity index (χ0v) is 15.0. The van der Waals surface area contributed by atoms with Gasteiger partial charge in [0.2, 0.25) is 11.8 Å². The van der Waals surface area contributed by atoms with Gasteiger partial charge < -0.3 is 19.7 Å². The number of nitrogens with one attached hydrogen (secondary N) is 1. The Kier molecular flexibility index (Phi) is 5.41. The predicted octanol–water partition coefficient (Wildman–Crippen LogP) is 3.01. The number of amides is 2. The normalized spacial score (nSPS) is 13.6. The van der Waals surface area contributed by atoms with Gasteiger partial charge in [0.05, 0.1) is 26.3 Å². The van der Waals surface area contributed by atoms with Crippen molar-refractivity contribution in [2.45, 2.75) is 19.3 Å². The van der Waals surface area contributed by atoms with Crippen LogP contribution in [-0.4, -0.2) is 32.6 Å². The number of carbonyl (C=O) groups excluding carboxylic acids is 2. The van der Waals surface area contributed by atoms with Gasteiger partial charge in [0.1, 0.15) is 11.5 Å². The molecule has 1 saturated heterocycles. The summed E-state index contributed by atoms with van der Waals surface area (Å²) in [6, 6.07) is 12.7. The minimum atomic E-state index is -0.134. The molecule has 3 rings (SSSR count). The number of carbonyl (C=O) groups is 2. The third-order valence-electron chi connectivity index (χ3n) is 4.33. The average Bonchev–Trinajstić information content (AvgIpc) is 3.07. The highest BCUT2D eigenvalue weighted by Gasteiger charge is 2.24. The smallest absolute Gasteiger partial charge is 0.228 e. The molecule has 0 radical (unpaired) electrons. The van der Waals surface area contributed by atoms with Crippen LogP contribution in [0.15, 0.2) is 42.5 Å². The van der Waals surface area contributed by atoms with Crippen LogP contribution in [-0.2, 0) is 16.0 Å². The van der Waals surface area contributed by atoms with Crippen LogP contribution in [0.3, 0.4) is 0 Å². The van der Waals surface area contributed by atoms with Gasteiger partial charge in [-0.25, -0.2) is 0 Å².